The molecule has 28 heavy (non-hydrogen) atoms. The van der Waals surface area contributed by atoms with E-state index in [0.717, 1.165) is 5.56 Å². The molecule has 1 aromatic carbocycles. The van der Waals surface area contributed by atoms with Crippen LogP contribution in [0.3, 0.4) is 0 Å². The van der Waals surface area contributed by atoms with E-state index in [2.05, 4.69) is 44.5 Å². The molecule has 158 valence electrons. The van der Waals surface area contributed by atoms with Crippen LogP contribution in [0, 0.1) is 0 Å². The van der Waals surface area contributed by atoms with Crippen molar-refractivity contribution in [2.24, 2.45) is 0 Å². The number of carbonyl (C=O) groups excluding carboxylic acids is 2. The minimum Gasteiger partial charge on any atom is -0.444 e. The van der Waals surface area contributed by atoms with E-state index < -0.39 is 26.1 Å². The van der Waals surface area contributed by atoms with Crippen LogP contribution in [0.2, 0.25) is 18.1 Å². The van der Waals surface area contributed by atoms with Crippen LogP contribution in [0.5, 0.6) is 0 Å². The van der Waals surface area contributed by atoms with E-state index in [-0.39, 0.29) is 10.9 Å². The van der Waals surface area contributed by atoms with Crippen molar-refractivity contribution in [3.63, 3.8) is 0 Å². The first-order valence-corrected chi connectivity index (χ1v) is 12.5. The third kappa shape index (κ3) is 8.02. The topological polar surface area (TPSA) is 76.7 Å². The van der Waals surface area contributed by atoms with Gasteiger partial charge in [-0.1, -0.05) is 32.9 Å². The largest absolute Gasteiger partial charge is 0.444 e. The third-order valence-electron chi connectivity index (χ3n) is 4.75. The zero-order valence-corrected chi connectivity index (χ0v) is 19.7. The van der Waals surface area contributed by atoms with Gasteiger partial charge in [-0.2, -0.15) is 0 Å². The lowest BCUT2D eigenvalue weighted by Gasteiger charge is -2.36. The molecule has 1 atom stereocenters. The van der Waals surface area contributed by atoms with Crippen molar-refractivity contribution in [1.29, 1.82) is 0 Å². The highest BCUT2D eigenvalue weighted by atomic mass is 28.4. The third-order valence-corrected chi connectivity index (χ3v) is 9.23. The molecular formula is C21H36N2O4Si. The van der Waals surface area contributed by atoms with Gasteiger partial charge in [0, 0.05) is 5.69 Å². The lowest BCUT2D eigenvalue weighted by Crippen LogP contribution is -2.43. The molecule has 0 bridgehead atoms. The fourth-order valence-electron chi connectivity index (χ4n) is 1.96. The highest BCUT2D eigenvalue weighted by molar-refractivity contribution is 6.74. The Hall–Kier alpha value is -1.86. The minimum absolute atomic E-state index is 0.165. The van der Waals surface area contributed by atoms with Crippen molar-refractivity contribution in [3.8, 4) is 0 Å². The number of hydrogen-bond acceptors (Lipinski definition) is 4. The summed E-state index contributed by atoms with van der Waals surface area (Å²) in [5.41, 5.74) is 1.12. The smallest absolute Gasteiger partial charge is 0.408 e. The maximum absolute atomic E-state index is 12.3. The van der Waals surface area contributed by atoms with Gasteiger partial charge in [0.05, 0.1) is 6.61 Å². The molecule has 0 unspecified atom stereocenters. The summed E-state index contributed by atoms with van der Waals surface area (Å²) < 4.78 is 11.4. The van der Waals surface area contributed by atoms with Crippen LogP contribution < -0.4 is 10.6 Å². The summed E-state index contributed by atoms with van der Waals surface area (Å²) in [7, 11) is -1.80. The van der Waals surface area contributed by atoms with Gasteiger partial charge in [-0.3, -0.25) is 4.79 Å². The van der Waals surface area contributed by atoms with Gasteiger partial charge in [-0.05, 0) is 63.5 Å². The van der Waals surface area contributed by atoms with Crippen molar-refractivity contribution in [2.75, 3.05) is 5.32 Å². The molecule has 1 aromatic rings. The molecule has 0 radical (unpaired) electrons. The second kappa shape index (κ2) is 9.09. The second-order valence-corrected chi connectivity index (χ2v) is 14.4. The molecule has 0 aliphatic carbocycles. The Labute approximate surface area is 170 Å². The zero-order chi connectivity index (χ0) is 21.8. The standard InChI is InChI=1S/C21H36N2O4Si/c1-15(22-19(25)27-20(2,3)4)18(24)23-17-12-10-16(11-13-17)14-26-28(8,9)21(5,6)7/h10-13,15H,14H2,1-9H3,(H,22,25)(H,23,24)/t15-/m0/s1. The predicted octanol–water partition coefficient (Wildman–Crippen LogP) is 5.06. The van der Waals surface area contributed by atoms with Crippen molar-refractivity contribution in [1.82, 2.24) is 5.32 Å². The summed E-state index contributed by atoms with van der Waals surface area (Å²) in [6, 6.07) is 6.84. The number of anilines is 1. The zero-order valence-electron chi connectivity index (χ0n) is 18.7. The normalized spacial score (nSPS) is 13.6. The molecule has 6 nitrogen and oxygen atoms in total. The Bertz CT molecular complexity index is 673. The Morgan fingerprint density at radius 1 is 1.04 bits per heavy atom. The molecule has 7 heteroatoms. The summed E-state index contributed by atoms with van der Waals surface area (Å²) in [5.74, 6) is -0.309. The van der Waals surface area contributed by atoms with E-state index in [9.17, 15) is 9.59 Å². The van der Waals surface area contributed by atoms with Crippen molar-refractivity contribution in [2.45, 2.75) is 84.8 Å². The second-order valence-electron chi connectivity index (χ2n) is 9.60. The van der Waals surface area contributed by atoms with E-state index in [1.165, 1.54) is 0 Å². The number of benzene rings is 1. The molecule has 0 saturated carbocycles. The highest BCUT2D eigenvalue weighted by Gasteiger charge is 2.37. The molecule has 0 spiro atoms. The monoisotopic (exact) mass is 408 g/mol. The van der Waals surface area contributed by atoms with E-state index in [0.29, 0.717) is 12.3 Å². The fourth-order valence-corrected chi connectivity index (χ4v) is 2.93. The summed E-state index contributed by atoms with van der Waals surface area (Å²) in [5, 5.41) is 5.49. The molecule has 0 heterocycles. The van der Waals surface area contributed by atoms with Crippen LogP contribution in [0.15, 0.2) is 24.3 Å². The van der Waals surface area contributed by atoms with Gasteiger partial charge in [0.15, 0.2) is 8.32 Å². The number of alkyl carbamates (subject to hydrolysis) is 1. The minimum atomic E-state index is -1.80. The van der Waals surface area contributed by atoms with Crippen LogP contribution in [0.4, 0.5) is 10.5 Å². The lowest BCUT2D eigenvalue weighted by atomic mass is 10.2. The molecule has 0 aliphatic rings. The van der Waals surface area contributed by atoms with Gasteiger partial charge < -0.3 is 19.8 Å². The van der Waals surface area contributed by atoms with Gasteiger partial charge >= 0.3 is 6.09 Å². The van der Waals surface area contributed by atoms with Gasteiger partial charge in [0.25, 0.3) is 0 Å². The molecular weight excluding hydrogens is 372 g/mol. The maximum atomic E-state index is 12.3. The first-order chi connectivity index (χ1) is 12.6. The number of rotatable bonds is 6. The number of carbonyl (C=O) groups is 2. The first-order valence-electron chi connectivity index (χ1n) is 9.64. The lowest BCUT2D eigenvalue weighted by molar-refractivity contribution is -0.117. The van der Waals surface area contributed by atoms with Gasteiger partial charge in [0.1, 0.15) is 11.6 Å². The van der Waals surface area contributed by atoms with Crippen LogP contribution in [0.25, 0.3) is 0 Å². The molecule has 0 fully saturated rings. The molecule has 2 amide bonds. The Balaban J connectivity index is 2.58. The van der Waals surface area contributed by atoms with Gasteiger partial charge in [-0.15, -0.1) is 0 Å². The number of hydrogen-bond donors (Lipinski definition) is 2. The number of amides is 2. The van der Waals surface area contributed by atoms with Crippen LogP contribution in [-0.2, 0) is 20.6 Å². The Kier molecular flexibility index (Phi) is 7.85. The summed E-state index contributed by atoms with van der Waals surface area (Å²) in [4.78, 5) is 24.0. The summed E-state index contributed by atoms with van der Waals surface area (Å²) in [6.07, 6.45) is -0.617. The van der Waals surface area contributed by atoms with Gasteiger partial charge in [-0.25, -0.2) is 4.79 Å². The van der Waals surface area contributed by atoms with Crippen LogP contribution >= 0.6 is 0 Å². The first kappa shape index (κ1) is 24.2. The van der Waals surface area contributed by atoms with Crippen molar-refractivity contribution < 1.29 is 18.8 Å². The van der Waals surface area contributed by atoms with E-state index >= 15 is 0 Å². The van der Waals surface area contributed by atoms with Crippen LogP contribution in [-0.4, -0.2) is 32.0 Å². The Morgan fingerprint density at radius 3 is 2.04 bits per heavy atom. The summed E-state index contributed by atoms with van der Waals surface area (Å²) >= 11 is 0. The summed E-state index contributed by atoms with van der Waals surface area (Å²) in [6.45, 7) is 18.6. The SMILES string of the molecule is C[C@H](NC(=O)OC(C)(C)C)C(=O)Nc1ccc(CO[Si](C)(C)C(C)(C)C)cc1. The fraction of sp³-hybridized carbons (Fsp3) is 0.619. The van der Waals surface area contributed by atoms with E-state index in [4.69, 9.17) is 9.16 Å². The Morgan fingerprint density at radius 2 is 1.57 bits per heavy atom. The van der Waals surface area contributed by atoms with Crippen molar-refractivity contribution >= 4 is 26.0 Å². The predicted molar refractivity (Wildman–Crippen MR) is 116 cm³/mol. The highest BCUT2D eigenvalue weighted by Crippen LogP contribution is 2.37. The van der Waals surface area contributed by atoms with E-state index in [1.807, 2.05) is 24.3 Å². The maximum Gasteiger partial charge on any atom is 0.408 e. The number of nitrogens with one attached hydrogen (secondary N) is 2. The van der Waals surface area contributed by atoms with Crippen molar-refractivity contribution in [3.05, 3.63) is 29.8 Å². The molecule has 1 rings (SSSR count). The van der Waals surface area contributed by atoms with Gasteiger partial charge in [0.2, 0.25) is 5.91 Å². The van der Waals surface area contributed by atoms with E-state index in [1.54, 1.807) is 27.7 Å². The average Bonchev–Trinajstić information content (AvgIpc) is 2.51. The molecule has 0 saturated heterocycles. The molecule has 0 aromatic heterocycles. The number of ether oxygens (including phenoxy) is 1. The quantitative estimate of drug-likeness (QED) is 0.645. The molecule has 2 N–H and O–H groups in total. The van der Waals surface area contributed by atoms with Crippen LogP contribution in [0.1, 0.15) is 54.0 Å². The molecule has 0 aliphatic heterocycles. The average molecular weight is 409 g/mol.